The van der Waals surface area contributed by atoms with Gasteiger partial charge in [-0.25, -0.2) is 4.79 Å². The van der Waals surface area contributed by atoms with Gasteiger partial charge >= 0.3 is 6.03 Å². The molecule has 3 aromatic rings. The monoisotopic (exact) mass is 413 g/mol. The molecule has 1 atom stereocenters. The molecular formula is C26H27N3O2. The van der Waals surface area contributed by atoms with E-state index in [0.717, 1.165) is 28.8 Å². The van der Waals surface area contributed by atoms with Gasteiger partial charge in [-0.1, -0.05) is 60.2 Å². The summed E-state index contributed by atoms with van der Waals surface area (Å²) in [4.78, 5) is 27.2. The van der Waals surface area contributed by atoms with Crippen molar-refractivity contribution < 1.29 is 9.59 Å². The van der Waals surface area contributed by atoms with Gasteiger partial charge in [-0.15, -0.1) is 0 Å². The number of fused-ring (bicyclic) bond motifs is 1. The van der Waals surface area contributed by atoms with Crippen LogP contribution in [0.3, 0.4) is 0 Å². The van der Waals surface area contributed by atoms with Crippen molar-refractivity contribution in [1.29, 1.82) is 0 Å². The Morgan fingerprint density at radius 2 is 1.55 bits per heavy atom. The summed E-state index contributed by atoms with van der Waals surface area (Å²) in [6.07, 6.45) is 0.832. The van der Waals surface area contributed by atoms with Crippen molar-refractivity contribution in [3.8, 4) is 0 Å². The molecule has 31 heavy (non-hydrogen) atoms. The Balaban J connectivity index is 1.40. The van der Waals surface area contributed by atoms with Gasteiger partial charge in [-0.05, 0) is 55.2 Å². The van der Waals surface area contributed by atoms with Gasteiger partial charge in [0, 0.05) is 30.4 Å². The lowest BCUT2D eigenvalue weighted by Crippen LogP contribution is -2.36. The normalized spacial score (nSPS) is 14.8. The fraction of sp³-hybridized carbons (Fsp3) is 0.231. The molecule has 4 rings (SSSR count). The van der Waals surface area contributed by atoms with Gasteiger partial charge in [0.05, 0.1) is 0 Å². The summed E-state index contributed by atoms with van der Waals surface area (Å²) < 4.78 is 0. The predicted molar refractivity (Wildman–Crippen MR) is 123 cm³/mol. The Labute approximate surface area is 183 Å². The largest absolute Gasteiger partial charge is 0.334 e. The van der Waals surface area contributed by atoms with E-state index in [-0.39, 0.29) is 18.0 Å². The highest BCUT2D eigenvalue weighted by Crippen LogP contribution is 2.34. The Morgan fingerprint density at radius 3 is 2.26 bits per heavy atom. The average Bonchev–Trinajstić information content (AvgIpc) is 3.12. The second kappa shape index (κ2) is 9.04. The third-order valence-electron chi connectivity index (χ3n) is 5.63. The topological polar surface area (TPSA) is 61.4 Å². The van der Waals surface area contributed by atoms with Crippen LogP contribution in [-0.2, 0) is 19.5 Å². The molecule has 1 aliphatic rings. The summed E-state index contributed by atoms with van der Waals surface area (Å²) in [5.41, 5.74) is 5.98. The van der Waals surface area contributed by atoms with Crippen LogP contribution >= 0.6 is 0 Å². The van der Waals surface area contributed by atoms with Gasteiger partial charge in [0.25, 0.3) is 5.91 Å². The number of hydrogen-bond donors (Lipinski definition) is 2. The lowest BCUT2D eigenvalue weighted by Gasteiger charge is -2.23. The first-order valence-electron chi connectivity index (χ1n) is 10.6. The van der Waals surface area contributed by atoms with Crippen LogP contribution in [0.15, 0.2) is 72.8 Å². The van der Waals surface area contributed by atoms with Crippen LogP contribution < -0.4 is 15.5 Å². The Kier molecular flexibility index (Phi) is 6.03. The van der Waals surface area contributed by atoms with Gasteiger partial charge in [-0.3, -0.25) is 4.79 Å². The minimum Gasteiger partial charge on any atom is -0.334 e. The first-order chi connectivity index (χ1) is 15.0. The van der Waals surface area contributed by atoms with Crippen molar-refractivity contribution in [3.63, 3.8) is 0 Å². The summed E-state index contributed by atoms with van der Waals surface area (Å²) in [5.74, 6) is 0.00722. The minimum atomic E-state index is -0.216. The molecule has 3 amide bonds. The number of carbonyl (C=O) groups is 2. The number of nitrogens with one attached hydrogen (secondary N) is 2. The SMILES string of the molecule is Cc1ccc(CNC(=O)NCc2ccc3c(c2)N(C(=O)c2ccccc2)[C@@H](C)C3)cc1. The molecule has 0 unspecified atom stereocenters. The van der Waals surface area contributed by atoms with Crippen LogP contribution in [0.1, 0.15) is 39.5 Å². The minimum absolute atomic E-state index is 0.00722. The van der Waals surface area contributed by atoms with E-state index in [1.807, 2.05) is 78.6 Å². The first kappa shape index (κ1) is 20.7. The van der Waals surface area contributed by atoms with Crippen molar-refractivity contribution in [2.24, 2.45) is 0 Å². The summed E-state index contributed by atoms with van der Waals surface area (Å²) in [6, 6.07) is 23.4. The zero-order chi connectivity index (χ0) is 21.8. The van der Waals surface area contributed by atoms with Gasteiger partial charge in [0.2, 0.25) is 0 Å². The summed E-state index contributed by atoms with van der Waals surface area (Å²) in [5, 5.41) is 5.79. The van der Waals surface area contributed by atoms with Crippen LogP contribution in [0.2, 0.25) is 0 Å². The van der Waals surface area contributed by atoms with E-state index in [1.165, 1.54) is 5.56 Å². The Hall–Kier alpha value is -3.60. The molecule has 0 aromatic heterocycles. The van der Waals surface area contributed by atoms with E-state index in [0.29, 0.717) is 18.7 Å². The fourth-order valence-electron chi connectivity index (χ4n) is 3.93. The van der Waals surface area contributed by atoms with Gasteiger partial charge in [0.15, 0.2) is 0 Å². The Morgan fingerprint density at radius 1 is 0.903 bits per heavy atom. The highest BCUT2D eigenvalue weighted by atomic mass is 16.2. The molecule has 2 N–H and O–H groups in total. The molecule has 0 bridgehead atoms. The lowest BCUT2D eigenvalue weighted by atomic mass is 10.1. The molecule has 5 nitrogen and oxygen atoms in total. The maximum absolute atomic E-state index is 13.1. The van der Waals surface area contributed by atoms with E-state index in [2.05, 4.69) is 23.6 Å². The molecule has 0 fully saturated rings. The number of urea groups is 1. The lowest BCUT2D eigenvalue weighted by molar-refractivity contribution is 0.0981. The third-order valence-corrected chi connectivity index (χ3v) is 5.63. The number of nitrogens with zero attached hydrogens (tertiary/aromatic N) is 1. The first-order valence-corrected chi connectivity index (χ1v) is 10.6. The number of anilines is 1. The zero-order valence-electron chi connectivity index (χ0n) is 17.9. The van der Waals surface area contributed by atoms with Crippen molar-refractivity contribution in [3.05, 3.63) is 101 Å². The zero-order valence-corrected chi connectivity index (χ0v) is 17.9. The number of aryl methyl sites for hydroxylation is 1. The highest BCUT2D eigenvalue weighted by molar-refractivity contribution is 6.07. The molecular weight excluding hydrogens is 386 g/mol. The predicted octanol–water partition coefficient (Wildman–Crippen LogP) is 4.59. The highest BCUT2D eigenvalue weighted by Gasteiger charge is 2.31. The molecule has 158 valence electrons. The van der Waals surface area contributed by atoms with Crippen molar-refractivity contribution >= 4 is 17.6 Å². The summed E-state index contributed by atoms with van der Waals surface area (Å²) in [7, 11) is 0. The molecule has 5 heteroatoms. The molecule has 0 radical (unpaired) electrons. The number of amides is 3. The van der Waals surface area contributed by atoms with Crippen molar-refractivity contribution in [1.82, 2.24) is 10.6 Å². The number of benzene rings is 3. The molecule has 1 heterocycles. The molecule has 1 aliphatic heterocycles. The van der Waals surface area contributed by atoms with Crippen LogP contribution in [0, 0.1) is 6.92 Å². The molecule has 0 saturated carbocycles. The van der Waals surface area contributed by atoms with Crippen LogP contribution in [-0.4, -0.2) is 18.0 Å². The maximum Gasteiger partial charge on any atom is 0.315 e. The second-order valence-electron chi connectivity index (χ2n) is 8.08. The van der Waals surface area contributed by atoms with Gasteiger partial charge in [-0.2, -0.15) is 0 Å². The molecule has 0 spiro atoms. The second-order valence-corrected chi connectivity index (χ2v) is 8.08. The molecule has 3 aromatic carbocycles. The van der Waals surface area contributed by atoms with Crippen LogP contribution in [0.4, 0.5) is 10.5 Å². The summed E-state index contributed by atoms with van der Waals surface area (Å²) >= 11 is 0. The fourth-order valence-corrected chi connectivity index (χ4v) is 3.93. The molecule has 0 aliphatic carbocycles. The maximum atomic E-state index is 13.1. The van der Waals surface area contributed by atoms with E-state index < -0.39 is 0 Å². The smallest absolute Gasteiger partial charge is 0.315 e. The summed E-state index contributed by atoms with van der Waals surface area (Å²) in [6.45, 7) is 4.98. The standard InChI is InChI=1S/C26H27N3O2/c1-18-8-10-20(11-9-18)16-27-26(31)28-17-21-12-13-23-14-19(2)29(24(23)15-21)25(30)22-6-4-3-5-7-22/h3-13,15,19H,14,16-17H2,1-2H3,(H2,27,28,31)/t19-/m0/s1. The number of carbonyl (C=O) groups excluding carboxylic acids is 2. The van der Waals surface area contributed by atoms with E-state index in [4.69, 9.17) is 0 Å². The third kappa shape index (κ3) is 4.77. The van der Waals surface area contributed by atoms with E-state index in [1.54, 1.807) is 0 Å². The van der Waals surface area contributed by atoms with E-state index >= 15 is 0 Å². The van der Waals surface area contributed by atoms with E-state index in [9.17, 15) is 9.59 Å². The Bertz CT molecular complexity index is 1080. The van der Waals surface area contributed by atoms with Crippen LogP contribution in [0.25, 0.3) is 0 Å². The van der Waals surface area contributed by atoms with Crippen molar-refractivity contribution in [2.75, 3.05) is 4.90 Å². The van der Waals surface area contributed by atoms with Crippen molar-refractivity contribution in [2.45, 2.75) is 39.4 Å². The van der Waals surface area contributed by atoms with Gasteiger partial charge in [0.1, 0.15) is 0 Å². The van der Waals surface area contributed by atoms with Crippen LogP contribution in [0.5, 0.6) is 0 Å². The average molecular weight is 414 g/mol. The quantitative estimate of drug-likeness (QED) is 0.643. The molecule has 0 saturated heterocycles. The number of rotatable bonds is 5. The number of hydrogen-bond acceptors (Lipinski definition) is 2. The van der Waals surface area contributed by atoms with Gasteiger partial charge < -0.3 is 15.5 Å².